The van der Waals surface area contributed by atoms with Gasteiger partial charge >= 0.3 is 0 Å². The SMILES string of the molecule is Cc1cccc(C)c1OC1CN(C(=O)C2CCCN2S(C)(=O)=O)C1. The van der Waals surface area contributed by atoms with Crippen molar-refractivity contribution >= 4 is 15.9 Å². The molecule has 0 N–H and O–H groups in total. The molecule has 3 rings (SSSR count). The first-order valence-corrected chi connectivity index (χ1v) is 10.1. The number of amides is 1. The van der Waals surface area contributed by atoms with Gasteiger partial charge in [0, 0.05) is 6.54 Å². The lowest BCUT2D eigenvalue weighted by atomic mass is 10.1. The highest BCUT2D eigenvalue weighted by atomic mass is 32.2. The molecule has 6 nitrogen and oxygen atoms in total. The van der Waals surface area contributed by atoms with Gasteiger partial charge in [0.05, 0.1) is 19.3 Å². The molecule has 1 amide bonds. The summed E-state index contributed by atoms with van der Waals surface area (Å²) in [5.41, 5.74) is 2.16. The molecule has 0 radical (unpaired) electrons. The number of hydrogen-bond donors (Lipinski definition) is 0. The Morgan fingerprint density at radius 1 is 1.21 bits per heavy atom. The predicted octanol–water partition coefficient (Wildman–Crippen LogP) is 1.32. The van der Waals surface area contributed by atoms with Gasteiger partial charge in [0.2, 0.25) is 15.9 Å². The molecule has 2 heterocycles. The highest BCUT2D eigenvalue weighted by Crippen LogP contribution is 2.28. The van der Waals surface area contributed by atoms with Gasteiger partial charge in [-0.2, -0.15) is 4.31 Å². The van der Waals surface area contributed by atoms with Crippen LogP contribution in [0.15, 0.2) is 18.2 Å². The van der Waals surface area contributed by atoms with Crippen molar-refractivity contribution in [2.45, 2.75) is 38.8 Å². The Kier molecular flexibility index (Phi) is 4.57. The van der Waals surface area contributed by atoms with Crippen LogP contribution in [0.3, 0.4) is 0 Å². The fraction of sp³-hybridized carbons (Fsp3) is 0.588. The molecular formula is C17H24N2O4S. The van der Waals surface area contributed by atoms with E-state index >= 15 is 0 Å². The molecule has 7 heteroatoms. The second kappa shape index (κ2) is 6.37. The van der Waals surface area contributed by atoms with E-state index < -0.39 is 16.1 Å². The van der Waals surface area contributed by atoms with Gasteiger partial charge < -0.3 is 9.64 Å². The lowest BCUT2D eigenvalue weighted by Gasteiger charge is -2.41. The number of aryl methyl sites for hydroxylation is 2. The number of rotatable bonds is 4. The summed E-state index contributed by atoms with van der Waals surface area (Å²) < 4.78 is 30.9. The molecule has 0 aliphatic carbocycles. The van der Waals surface area contributed by atoms with E-state index in [1.807, 2.05) is 32.0 Å². The number of likely N-dealkylation sites (tertiary alicyclic amines) is 1. The molecule has 0 bridgehead atoms. The number of sulfonamides is 1. The van der Waals surface area contributed by atoms with Gasteiger partial charge in [-0.15, -0.1) is 0 Å². The van der Waals surface area contributed by atoms with Gasteiger partial charge in [-0.1, -0.05) is 18.2 Å². The largest absolute Gasteiger partial charge is 0.486 e. The van der Waals surface area contributed by atoms with Crippen LogP contribution in [0.1, 0.15) is 24.0 Å². The fourth-order valence-corrected chi connectivity index (χ4v) is 4.56. The molecular weight excluding hydrogens is 328 g/mol. The summed E-state index contributed by atoms with van der Waals surface area (Å²) in [6.45, 7) is 5.48. The maximum atomic E-state index is 12.6. The number of hydrogen-bond acceptors (Lipinski definition) is 4. The first-order chi connectivity index (χ1) is 11.3. The number of carbonyl (C=O) groups excluding carboxylic acids is 1. The Hall–Kier alpha value is -1.60. The maximum Gasteiger partial charge on any atom is 0.241 e. The summed E-state index contributed by atoms with van der Waals surface area (Å²) in [7, 11) is -3.33. The third-order valence-corrected chi connectivity index (χ3v) is 6.06. The zero-order valence-corrected chi connectivity index (χ0v) is 15.2. The van der Waals surface area contributed by atoms with Crippen LogP contribution in [0, 0.1) is 13.8 Å². The molecule has 2 aliphatic rings. The Bertz CT molecular complexity index is 721. The highest BCUT2D eigenvalue weighted by Gasteiger charge is 2.42. The van der Waals surface area contributed by atoms with E-state index in [9.17, 15) is 13.2 Å². The van der Waals surface area contributed by atoms with Crippen molar-refractivity contribution in [2.24, 2.45) is 0 Å². The first-order valence-electron chi connectivity index (χ1n) is 8.26. The Balaban J connectivity index is 1.59. The number of para-hydroxylation sites is 1. The topological polar surface area (TPSA) is 66.9 Å². The van der Waals surface area contributed by atoms with Gasteiger partial charge in [0.25, 0.3) is 0 Å². The summed E-state index contributed by atoms with van der Waals surface area (Å²) in [6.07, 6.45) is 2.48. The van der Waals surface area contributed by atoms with Gasteiger partial charge in [0.1, 0.15) is 17.9 Å². The van der Waals surface area contributed by atoms with Crippen LogP contribution in [-0.4, -0.2) is 61.6 Å². The van der Waals surface area contributed by atoms with E-state index in [0.29, 0.717) is 26.1 Å². The normalized spacial score (nSPS) is 22.5. The third-order valence-electron chi connectivity index (χ3n) is 4.77. The number of ether oxygens (including phenoxy) is 1. The van der Waals surface area contributed by atoms with Crippen molar-refractivity contribution in [3.05, 3.63) is 29.3 Å². The van der Waals surface area contributed by atoms with E-state index in [1.54, 1.807) is 4.90 Å². The second-order valence-corrected chi connectivity index (χ2v) is 8.67. The van der Waals surface area contributed by atoms with Gasteiger partial charge in [-0.05, 0) is 37.8 Å². The van der Waals surface area contributed by atoms with Crippen molar-refractivity contribution in [1.29, 1.82) is 0 Å². The van der Waals surface area contributed by atoms with E-state index in [4.69, 9.17) is 4.74 Å². The smallest absolute Gasteiger partial charge is 0.241 e. The molecule has 1 aromatic rings. The summed E-state index contributed by atoms with van der Waals surface area (Å²) in [5.74, 6) is 0.785. The minimum absolute atomic E-state index is 0.0261. The molecule has 0 aromatic heterocycles. The predicted molar refractivity (Wildman–Crippen MR) is 91.5 cm³/mol. The molecule has 2 aliphatic heterocycles. The molecule has 1 aromatic carbocycles. The zero-order chi connectivity index (χ0) is 17.5. The highest BCUT2D eigenvalue weighted by molar-refractivity contribution is 7.88. The van der Waals surface area contributed by atoms with Gasteiger partial charge in [0.15, 0.2) is 0 Å². The van der Waals surface area contributed by atoms with Crippen LogP contribution >= 0.6 is 0 Å². The minimum atomic E-state index is -3.33. The van der Waals surface area contributed by atoms with Crippen LogP contribution in [-0.2, 0) is 14.8 Å². The van der Waals surface area contributed by atoms with Crippen molar-refractivity contribution in [2.75, 3.05) is 25.9 Å². The van der Waals surface area contributed by atoms with Gasteiger partial charge in [-0.3, -0.25) is 4.79 Å². The van der Waals surface area contributed by atoms with E-state index in [-0.39, 0.29) is 12.0 Å². The molecule has 2 saturated heterocycles. The Morgan fingerprint density at radius 3 is 2.42 bits per heavy atom. The molecule has 0 spiro atoms. The molecule has 24 heavy (non-hydrogen) atoms. The average molecular weight is 352 g/mol. The Labute approximate surface area is 143 Å². The van der Waals surface area contributed by atoms with Gasteiger partial charge in [-0.25, -0.2) is 8.42 Å². The summed E-state index contributed by atoms with van der Waals surface area (Å²) >= 11 is 0. The lowest BCUT2D eigenvalue weighted by molar-refractivity contribution is -0.143. The fourth-order valence-electron chi connectivity index (χ4n) is 3.44. The summed E-state index contributed by atoms with van der Waals surface area (Å²) in [6, 6.07) is 5.47. The van der Waals surface area contributed by atoms with E-state index in [0.717, 1.165) is 23.3 Å². The van der Waals surface area contributed by atoms with Crippen LogP contribution < -0.4 is 4.74 Å². The van der Waals surface area contributed by atoms with Crippen molar-refractivity contribution in [1.82, 2.24) is 9.21 Å². The number of carbonyl (C=O) groups is 1. The Morgan fingerprint density at radius 2 is 1.83 bits per heavy atom. The average Bonchev–Trinajstić information content (AvgIpc) is 2.93. The lowest BCUT2D eigenvalue weighted by Crippen LogP contribution is -2.60. The summed E-state index contributed by atoms with van der Waals surface area (Å²) in [5, 5.41) is 0. The van der Waals surface area contributed by atoms with Crippen LogP contribution in [0.25, 0.3) is 0 Å². The number of benzene rings is 1. The van der Waals surface area contributed by atoms with Crippen LogP contribution in [0.2, 0.25) is 0 Å². The van der Waals surface area contributed by atoms with Crippen LogP contribution in [0.4, 0.5) is 0 Å². The van der Waals surface area contributed by atoms with E-state index in [1.165, 1.54) is 10.6 Å². The molecule has 1 atom stereocenters. The maximum absolute atomic E-state index is 12.6. The van der Waals surface area contributed by atoms with Crippen molar-refractivity contribution in [3.63, 3.8) is 0 Å². The second-order valence-electron chi connectivity index (χ2n) is 6.74. The zero-order valence-electron chi connectivity index (χ0n) is 14.4. The molecule has 2 fully saturated rings. The van der Waals surface area contributed by atoms with Crippen molar-refractivity contribution < 1.29 is 17.9 Å². The minimum Gasteiger partial charge on any atom is -0.486 e. The summed E-state index contributed by atoms with van der Waals surface area (Å²) in [4.78, 5) is 14.3. The van der Waals surface area contributed by atoms with Crippen molar-refractivity contribution in [3.8, 4) is 5.75 Å². The third kappa shape index (κ3) is 3.28. The quantitative estimate of drug-likeness (QED) is 0.820. The molecule has 0 saturated carbocycles. The number of nitrogens with zero attached hydrogens (tertiary/aromatic N) is 2. The monoisotopic (exact) mass is 352 g/mol. The molecule has 1 unspecified atom stereocenters. The molecule has 132 valence electrons. The first kappa shape index (κ1) is 17.2. The van der Waals surface area contributed by atoms with Crippen LogP contribution in [0.5, 0.6) is 5.75 Å². The standard InChI is InChI=1S/C17H24N2O4S/c1-12-6-4-7-13(2)16(12)23-14-10-18(11-14)17(20)15-8-5-9-19(15)24(3,21)22/h4,6-7,14-15H,5,8-11H2,1-3H3. The van der Waals surface area contributed by atoms with E-state index in [2.05, 4.69) is 0 Å².